The number of aliphatic imine (C=N–C) groups is 1. The molecule has 0 aliphatic rings. The number of methoxy groups -OCH3 is 2. The predicted molar refractivity (Wildman–Crippen MR) is 112 cm³/mol. The van der Waals surface area contributed by atoms with Crippen LogP contribution in [0.1, 0.15) is 28.8 Å². The fraction of sp³-hybridized carbons (Fsp3) is 0.444. The molecule has 0 radical (unpaired) electrons. The lowest BCUT2D eigenvalue weighted by Crippen LogP contribution is -2.38. The first-order valence-corrected chi connectivity index (χ1v) is 7.85. The highest BCUT2D eigenvalue weighted by atomic mass is 127. The van der Waals surface area contributed by atoms with Gasteiger partial charge in [0.15, 0.2) is 5.96 Å². The molecule has 25 heavy (non-hydrogen) atoms. The number of nitrogens with one attached hydrogen (secondary N) is 1. The van der Waals surface area contributed by atoms with Crippen LogP contribution in [-0.2, 0) is 11.3 Å². The molecule has 6 nitrogen and oxygen atoms in total. The monoisotopic (exact) mass is 461 g/mol. The summed E-state index contributed by atoms with van der Waals surface area (Å²) in [6.45, 7) is 5.21. The number of guanidine groups is 1. The van der Waals surface area contributed by atoms with Gasteiger partial charge in [-0.2, -0.15) is 0 Å². The number of hydrogen-bond donors (Lipinski definition) is 1. The van der Waals surface area contributed by atoms with E-state index < -0.39 is 5.97 Å². The van der Waals surface area contributed by atoms with Crippen molar-refractivity contribution >= 4 is 35.9 Å². The molecule has 7 heteroatoms. The molecule has 1 aromatic rings. The van der Waals surface area contributed by atoms with Crippen molar-refractivity contribution in [2.45, 2.75) is 19.4 Å². The summed E-state index contributed by atoms with van der Waals surface area (Å²) in [6, 6.07) is 5.40. The van der Waals surface area contributed by atoms with Crippen molar-refractivity contribution in [1.82, 2.24) is 10.2 Å². The standard InChI is InChI=1S/C18H27N3O3.HI/c1-6-7-8-11-21(3)18(19-2)20-13-14-9-10-15(17(22)24-5)16(12-14)23-4;/h6,9-10,12H,1,7-8,11,13H2,2-5H3,(H,19,20);1H. The van der Waals surface area contributed by atoms with Gasteiger partial charge in [-0.15, -0.1) is 30.6 Å². The van der Waals surface area contributed by atoms with Gasteiger partial charge in [0.25, 0.3) is 0 Å². The van der Waals surface area contributed by atoms with Gasteiger partial charge in [0, 0.05) is 27.2 Å². The molecule has 140 valence electrons. The Bertz CT molecular complexity index is 591. The molecule has 0 atom stereocenters. The molecular weight excluding hydrogens is 433 g/mol. The van der Waals surface area contributed by atoms with Crippen LogP contribution in [0.3, 0.4) is 0 Å². The van der Waals surface area contributed by atoms with E-state index in [0.717, 1.165) is 30.9 Å². The molecule has 1 aromatic carbocycles. The Morgan fingerprint density at radius 2 is 2.12 bits per heavy atom. The number of carbonyl (C=O) groups excluding carboxylic acids is 1. The van der Waals surface area contributed by atoms with E-state index in [1.165, 1.54) is 14.2 Å². The van der Waals surface area contributed by atoms with Crippen LogP contribution < -0.4 is 10.1 Å². The maximum Gasteiger partial charge on any atom is 0.341 e. The number of carbonyl (C=O) groups is 1. The van der Waals surface area contributed by atoms with Crippen molar-refractivity contribution in [3.63, 3.8) is 0 Å². The van der Waals surface area contributed by atoms with Crippen LogP contribution in [0.2, 0.25) is 0 Å². The number of benzene rings is 1. The van der Waals surface area contributed by atoms with Gasteiger partial charge >= 0.3 is 5.97 Å². The Balaban J connectivity index is 0.00000576. The number of ether oxygens (including phenoxy) is 2. The Morgan fingerprint density at radius 1 is 1.40 bits per heavy atom. The maximum atomic E-state index is 11.7. The van der Waals surface area contributed by atoms with Crippen LogP contribution >= 0.6 is 24.0 Å². The highest BCUT2D eigenvalue weighted by molar-refractivity contribution is 14.0. The second-order valence-electron chi connectivity index (χ2n) is 5.28. The van der Waals surface area contributed by atoms with E-state index in [1.54, 1.807) is 13.1 Å². The third-order valence-corrected chi connectivity index (χ3v) is 3.60. The number of nitrogens with zero attached hydrogens (tertiary/aromatic N) is 2. The zero-order valence-corrected chi connectivity index (χ0v) is 17.7. The Morgan fingerprint density at radius 3 is 2.68 bits per heavy atom. The van der Waals surface area contributed by atoms with Gasteiger partial charge in [-0.25, -0.2) is 4.79 Å². The van der Waals surface area contributed by atoms with Gasteiger partial charge in [-0.1, -0.05) is 12.1 Å². The number of hydrogen-bond acceptors (Lipinski definition) is 4. The van der Waals surface area contributed by atoms with Gasteiger partial charge in [0.2, 0.25) is 0 Å². The predicted octanol–water partition coefficient (Wildman–Crippen LogP) is 3.07. The fourth-order valence-electron chi connectivity index (χ4n) is 2.27. The summed E-state index contributed by atoms with van der Waals surface area (Å²) in [6.07, 6.45) is 3.93. The van der Waals surface area contributed by atoms with Gasteiger partial charge < -0.3 is 19.7 Å². The molecule has 0 aliphatic carbocycles. The zero-order chi connectivity index (χ0) is 17.9. The first-order valence-electron chi connectivity index (χ1n) is 7.85. The van der Waals surface area contributed by atoms with Crippen LogP contribution in [0.5, 0.6) is 5.75 Å². The van der Waals surface area contributed by atoms with Gasteiger partial charge in [0.1, 0.15) is 11.3 Å². The topological polar surface area (TPSA) is 63.2 Å². The Labute approximate surface area is 167 Å². The van der Waals surface area contributed by atoms with Crippen molar-refractivity contribution in [2.24, 2.45) is 4.99 Å². The number of allylic oxidation sites excluding steroid dienone is 1. The minimum atomic E-state index is -0.413. The fourth-order valence-corrected chi connectivity index (χ4v) is 2.27. The van der Waals surface area contributed by atoms with Gasteiger partial charge in [0.05, 0.1) is 14.2 Å². The lowest BCUT2D eigenvalue weighted by Gasteiger charge is -2.22. The van der Waals surface area contributed by atoms with E-state index in [2.05, 4.69) is 21.8 Å². The van der Waals surface area contributed by atoms with E-state index in [-0.39, 0.29) is 24.0 Å². The third kappa shape index (κ3) is 7.33. The quantitative estimate of drug-likeness (QED) is 0.161. The Hall–Kier alpha value is -1.77. The second-order valence-corrected chi connectivity index (χ2v) is 5.28. The van der Waals surface area contributed by atoms with Crippen LogP contribution in [0.4, 0.5) is 0 Å². The summed E-state index contributed by atoms with van der Waals surface area (Å²) >= 11 is 0. The van der Waals surface area contributed by atoms with Crippen LogP contribution in [0.25, 0.3) is 0 Å². The average Bonchev–Trinajstić information content (AvgIpc) is 2.61. The first-order chi connectivity index (χ1) is 11.6. The molecule has 0 fully saturated rings. The minimum absolute atomic E-state index is 0. The molecule has 0 saturated carbocycles. The third-order valence-electron chi connectivity index (χ3n) is 3.60. The maximum absolute atomic E-state index is 11.7. The van der Waals surface area contributed by atoms with Crippen LogP contribution in [-0.4, -0.2) is 51.7 Å². The molecule has 0 heterocycles. The second kappa shape index (κ2) is 12.6. The van der Waals surface area contributed by atoms with Crippen molar-refractivity contribution < 1.29 is 14.3 Å². The summed E-state index contributed by atoms with van der Waals surface area (Å²) in [5.41, 5.74) is 1.40. The van der Waals surface area contributed by atoms with E-state index in [4.69, 9.17) is 9.47 Å². The number of unbranched alkanes of at least 4 members (excludes halogenated alkanes) is 1. The molecule has 0 bridgehead atoms. The number of rotatable bonds is 8. The summed E-state index contributed by atoms with van der Waals surface area (Å²) in [5.74, 6) is 0.898. The molecule has 0 amide bonds. The number of esters is 1. The molecule has 1 N–H and O–H groups in total. The lowest BCUT2D eigenvalue weighted by molar-refractivity contribution is 0.0597. The molecule has 0 saturated heterocycles. The highest BCUT2D eigenvalue weighted by Crippen LogP contribution is 2.21. The van der Waals surface area contributed by atoms with Crippen LogP contribution in [0.15, 0.2) is 35.8 Å². The average molecular weight is 461 g/mol. The highest BCUT2D eigenvalue weighted by Gasteiger charge is 2.13. The summed E-state index contributed by atoms with van der Waals surface area (Å²) < 4.78 is 10.0. The molecule has 0 spiro atoms. The molecular formula is C18H28IN3O3. The largest absolute Gasteiger partial charge is 0.496 e. The molecule has 0 unspecified atom stereocenters. The number of halogens is 1. The van der Waals surface area contributed by atoms with Crippen molar-refractivity contribution in [3.05, 3.63) is 42.0 Å². The van der Waals surface area contributed by atoms with E-state index >= 15 is 0 Å². The smallest absolute Gasteiger partial charge is 0.341 e. The van der Waals surface area contributed by atoms with E-state index in [0.29, 0.717) is 17.9 Å². The van der Waals surface area contributed by atoms with Crippen molar-refractivity contribution in [2.75, 3.05) is 34.9 Å². The van der Waals surface area contributed by atoms with Crippen molar-refractivity contribution in [3.8, 4) is 5.75 Å². The van der Waals surface area contributed by atoms with E-state index in [9.17, 15) is 4.79 Å². The summed E-state index contributed by atoms with van der Waals surface area (Å²) in [5, 5.41) is 3.30. The zero-order valence-electron chi connectivity index (χ0n) is 15.4. The molecule has 0 aliphatic heterocycles. The summed E-state index contributed by atoms with van der Waals surface area (Å²) in [7, 11) is 6.64. The molecule has 0 aromatic heterocycles. The van der Waals surface area contributed by atoms with Crippen LogP contribution in [0, 0.1) is 0 Å². The SMILES string of the molecule is C=CCCCN(C)C(=NC)NCc1ccc(C(=O)OC)c(OC)c1.I. The van der Waals surface area contributed by atoms with Crippen molar-refractivity contribution in [1.29, 1.82) is 0 Å². The molecule has 1 rings (SSSR count). The lowest BCUT2D eigenvalue weighted by atomic mass is 10.1. The van der Waals surface area contributed by atoms with Gasteiger partial charge in [-0.3, -0.25) is 4.99 Å². The normalized spacial score (nSPS) is 10.5. The Kier molecular flexibility index (Phi) is 11.7. The van der Waals surface area contributed by atoms with Gasteiger partial charge in [-0.05, 0) is 30.5 Å². The summed E-state index contributed by atoms with van der Waals surface area (Å²) in [4.78, 5) is 18.0. The minimum Gasteiger partial charge on any atom is -0.496 e. The van der Waals surface area contributed by atoms with E-state index in [1.807, 2.05) is 25.3 Å². The first kappa shape index (κ1) is 23.2.